The molecule has 1 atom stereocenters. The number of allylic oxidation sites excluding steroid dienone is 4. The van der Waals surface area contributed by atoms with Gasteiger partial charge >= 0.3 is 0 Å². The first kappa shape index (κ1) is 29.2. The maximum atomic E-state index is 15.3. The van der Waals surface area contributed by atoms with E-state index in [0.29, 0.717) is 41.6 Å². The molecule has 0 spiro atoms. The molecule has 216 valence electrons. The van der Waals surface area contributed by atoms with Crippen molar-refractivity contribution in [3.63, 3.8) is 0 Å². The highest BCUT2D eigenvalue weighted by molar-refractivity contribution is 5.74. The summed E-state index contributed by atoms with van der Waals surface area (Å²) < 4.78 is 65.1. The van der Waals surface area contributed by atoms with E-state index in [4.69, 9.17) is 4.74 Å². The fraction of sp³-hybridized carbons (Fsp3) is 0.389. The van der Waals surface area contributed by atoms with Gasteiger partial charge in [0.1, 0.15) is 0 Å². The highest BCUT2D eigenvalue weighted by Crippen LogP contribution is 2.42. The summed E-state index contributed by atoms with van der Waals surface area (Å²) in [6, 6.07) is 12.5. The Balaban J connectivity index is 1.29. The minimum Gasteiger partial charge on any atom is -0.490 e. The Labute approximate surface area is 240 Å². The second-order valence-corrected chi connectivity index (χ2v) is 11.4. The topological polar surface area (TPSA) is 9.23 Å². The van der Waals surface area contributed by atoms with E-state index in [1.807, 2.05) is 6.92 Å². The molecule has 1 fully saturated rings. The fourth-order valence-corrected chi connectivity index (χ4v) is 6.54. The van der Waals surface area contributed by atoms with Gasteiger partial charge < -0.3 is 4.74 Å². The molecule has 2 aliphatic rings. The largest absolute Gasteiger partial charge is 0.490 e. The molecule has 0 N–H and O–H groups in total. The predicted molar refractivity (Wildman–Crippen MR) is 159 cm³/mol. The molecule has 0 amide bonds. The van der Waals surface area contributed by atoms with Crippen molar-refractivity contribution in [3.05, 3.63) is 95.6 Å². The molecule has 0 heterocycles. The van der Waals surface area contributed by atoms with Crippen molar-refractivity contribution in [2.75, 3.05) is 6.61 Å². The third-order valence-corrected chi connectivity index (χ3v) is 8.84. The van der Waals surface area contributed by atoms with E-state index in [-0.39, 0.29) is 16.9 Å². The Morgan fingerprint density at radius 1 is 0.707 bits per heavy atom. The molecule has 2 aliphatic carbocycles. The lowest BCUT2D eigenvalue weighted by Gasteiger charge is -2.35. The third kappa shape index (κ3) is 6.29. The quantitative estimate of drug-likeness (QED) is 0.196. The van der Waals surface area contributed by atoms with Crippen LogP contribution in [-0.4, -0.2) is 6.61 Å². The Hall–Kier alpha value is -3.34. The number of hydrogen-bond acceptors (Lipinski definition) is 1. The molecule has 5 heteroatoms. The van der Waals surface area contributed by atoms with Gasteiger partial charge in [-0.15, -0.1) is 0 Å². The molecular weight excluding hydrogens is 524 g/mol. The molecular formula is C36H38F4O. The molecule has 0 aliphatic heterocycles. The van der Waals surface area contributed by atoms with Crippen LogP contribution in [0.3, 0.4) is 0 Å². The van der Waals surface area contributed by atoms with Gasteiger partial charge in [-0.1, -0.05) is 61.5 Å². The predicted octanol–water partition coefficient (Wildman–Crippen LogP) is 10.9. The number of benzene rings is 3. The molecule has 1 unspecified atom stereocenters. The summed E-state index contributed by atoms with van der Waals surface area (Å²) in [5.74, 6) is -1.85. The van der Waals surface area contributed by atoms with Gasteiger partial charge in [-0.3, -0.25) is 0 Å². The molecule has 1 saturated carbocycles. The van der Waals surface area contributed by atoms with Crippen molar-refractivity contribution in [2.45, 2.75) is 65.2 Å². The van der Waals surface area contributed by atoms with Crippen molar-refractivity contribution >= 4 is 5.57 Å². The first-order chi connectivity index (χ1) is 19.9. The van der Waals surface area contributed by atoms with Crippen LogP contribution in [0, 0.1) is 41.0 Å². The fourth-order valence-electron chi connectivity index (χ4n) is 6.54. The highest BCUT2D eigenvalue weighted by Gasteiger charge is 2.29. The van der Waals surface area contributed by atoms with E-state index in [9.17, 15) is 8.78 Å². The Kier molecular flexibility index (Phi) is 9.32. The van der Waals surface area contributed by atoms with E-state index in [0.717, 1.165) is 30.8 Å². The molecule has 0 saturated heterocycles. The van der Waals surface area contributed by atoms with Crippen LogP contribution in [0.1, 0.15) is 70.8 Å². The maximum absolute atomic E-state index is 15.3. The Morgan fingerprint density at radius 3 is 1.88 bits per heavy atom. The number of halogens is 4. The van der Waals surface area contributed by atoms with Crippen molar-refractivity contribution in [2.24, 2.45) is 17.8 Å². The maximum Gasteiger partial charge on any atom is 0.201 e. The van der Waals surface area contributed by atoms with Gasteiger partial charge in [-0.25, -0.2) is 13.2 Å². The summed E-state index contributed by atoms with van der Waals surface area (Å²) in [5.41, 5.74) is 2.33. The summed E-state index contributed by atoms with van der Waals surface area (Å²) in [4.78, 5) is 0. The van der Waals surface area contributed by atoms with E-state index >= 15 is 8.78 Å². The van der Waals surface area contributed by atoms with Crippen LogP contribution >= 0.6 is 0 Å². The summed E-state index contributed by atoms with van der Waals surface area (Å²) in [6.07, 6.45) is 15.0. The zero-order chi connectivity index (χ0) is 28.9. The zero-order valence-corrected chi connectivity index (χ0v) is 23.9. The Bertz CT molecular complexity index is 1410. The SMILES string of the molecule is C/C=C/C1CCC(C2CC=C(c3ccc(-c4ccc(-c5ccc(OCCC)c(F)c5F)cc4)c(F)c3F)CC2)CC1. The van der Waals surface area contributed by atoms with Gasteiger partial charge in [0.15, 0.2) is 23.2 Å². The smallest absolute Gasteiger partial charge is 0.201 e. The molecule has 5 rings (SSSR count). The van der Waals surface area contributed by atoms with Crippen molar-refractivity contribution < 1.29 is 22.3 Å². The number of ether oxygens (including phenoxy) is 1. The molecule has 0 aromatic heterocycles. The van der Waals surface area contributed by atoms with Gasteiger partial charge in [0, 0.05) is 16.7 Å². The van der Waals surface area contributed by atoms with E-state index in [1.165, 1.54) is 37.8 Å². The second kappa shape index (κ2) is 13.1. The van der Waals surface area contributed by atoms with Crippen LogP contribution in [0.5, 0.6) is 5.75 Å². The minimum atomic E-state index is -1.04. The summed E-state index contributed by atoms with van der Waals surface area (Å²) in [5, 5.41) is 0. The Morgan fingerprint density at radius 2 is 1.29 bits per heavy atom. The molecule has 3 aromatic carbocycles. The normalized spacial score (nSPS) is 21.2. The molecule has 0 bridgehead atoms. The van der Waals surface area contributed by atoms with Crippen LogP contribution in [0.4, 0.5) is 17.6 Å². The summed E-state index contributed by atoms with van der Waals surface area (Å²) in [7, 11) is 0. The van der Waals surface area contributed by atoms with Gasteiger partial charge in [0.25, 0.3) is 0 Å². The van der Waals surface area contributed by atoms with Gasteiger partial charge in [0.2, 0.25) is 5.82 Å². The van der Waals surface area contributed by atoms with Gasteiger partial charge in [-0.05, 0) is 105 Å². The standard InChI is InChI=1S/C36H38F4O/c1-3-5-23-6-8-24(9-7-23)25-10-12-26(13-11-25)29-18-19-30(34(38)33(29)37)27-14-16-28(17-15-27)31-20-21-32(41-22-4-2)36(40)35(31)39/h3,5,12,14-21,23-25H,4,6-11,13,22H2,1-2H3/b5-3+. The summed E-state index contributed by atoms with van der Waals surface area (Å²) in [6.45, 7) is 4.26. The lowest BCUT2D eigenvalue weighted by Crippen LogP contribution is -2.22. The van der Waals surface area contributed by atoms with Crippen molar-refractivity contribution in [1.82, 2.24) is 0 Å². The third-order valence-electron chi connectivity index (χ3n) is 8.84. The molecule has 1 nitrogen and oxygen atoms in total. The van der Waals surface area contributed by atoms with Gasteiger partial charge in [-0.2, -0.15) is 4.39 Å². The zero-order valence-electron chi connectivity index (χ0n) is 23.9. The molecule has 3 aromatic rings. The average Bonchev–Trinajstić information content (AvgIpc) is 3.00. The van der Waals surface area contributed by atoms with Crippen LogP contribution in [0.2, 0.25) is 0 Å². The van der Waals surface area contributed by atoms with Crippen LogP contribution in [-0.2, 0) is 0 Å². The lowest BCUT2D eigenvalue weighted by atomic mass is 9.71. The number of rotatable bonds is 8. The van der Waals surface area contributed by atoms with Crippen molar-refractivity contribution in [3.8, 4) is 28.0 Å². The average molecular weight is 563 g/mol. The summed E-state index contributed by atoms with van der Waals surface area (Å²) >= 11 is 0. The van der Waals surface area contributed by atoms with Crippen LogP contribution in [0.15, 0.2) is 66.8 Å². The van der Waals surface area contributed by atoms with E-state index in [2.05, 4.69) is 25.2 Å². The minimum absolute atomic E-state index is 0.0771. The van der Waals surface area contributed by atoms with E-state index in [1.54, 1.807) is 36.4 Å². The number of hydrogen-bond donors (Lipinski definition) is 0. The van der Waals surface area contributed by atoms with Crippen molar-refractivity contribution in [1.29, 1.82) is 0 Å². The first-order valence-corrected chi connectivity index (χ1v) is 14.9. The highest BCUT2D eigenvalue weighted by atomic mass is 19.2. The molecule has 41 heavy (non-hydrogen) atoms. The molecule has 0 radical (unpaired) electrons. The van der Waals surface area contributed by atoms with E-state index < -0.39 is 23.3 Å². The lowest BCUT2D eigenvalue weighted by molar-refractivity contribution is 0.212. The van der Waals surface area contributed by atoms with Crippen LogP contribution < -0.4 is 4.74 Å². The van der Waals surface area contributed by atoms with Gasteiger partial charge in [0.05, 0.1) is 6.61 Å². The monoisotopic (exact) mass is 562 g/mol. The second-order valence-electron chi connectivity index (χ2n) is 11.4. The van der Waals surface area contributed by atoms with Crippen LogP contribution in [0.25, 0.3) is 27.8 Å². The first-order valence-electron chi connectivity index (χ1n) is 14.9.